The lowest BCUT2D eigenvalue weighted by Gasteiger charge is -2.35. The van der Waals surface area contributed by atoms with Gasteiger partial charge in [0.25, 0.3) is 0 Å². The van der Waals surface area contributed by atoms with Crippen LogP contribution in [-0.2, 0) is 13.0 Å². The second-order valence-electron chi connectivity index (χ2n) is 5.92. The summed E-state index contributed by atoms with van der Waals surface area (Å²) in [6, 6.07) is 6.06. The van der Waals surface area contributed by atoms with E-state index in [1.54, 1.807) is 6.20 Å². The molecule has 1 aliphatic heterocycles. The fourth-order valence-corrected chi connectivity index (χ4v) is 2.96. The number of aryl methyl sites for hydroxylation is 2. The van der Waals surface area contributed by atoms with Crippen LogP contribution in [0.25, 0.3) is 0 Å². The molecule has 2 aromatic heterocycles. The summed E-state index contributed by atoms with van der Waals surface area (Å²) in [5, 5.41) is 4.28. The van der Waals surface area contributed by atoms with Crippen LogP contribution in [0.4, 0.5) is 10.2 Å². The normalized spacial score (nSPS) is 16.0. The fourth-order valence-electron chi connectivity index (χ4n) is 2.96. The van der Waals surface area contributed by atoms with Gasteiger partial charge in [0.2, 0.25) is 0 Å². The lowest BCUT2D eigenvalue weighted by atomic mass is 10.2. The Labute approximate surface area is 136 Å². The number of alkyl halides is 1. The summed E-state index contributed by atoms with van der Waals surface area (Å²) < 4.78 is 14.2. The SMILES string of the molecule is FCCc1cnn(CCCN2CCN(c3ccccn3)CC2)c1. The number of aromatic nitrogens is 3. The van der Waals surface area contributed by atoms with Gasteiger partial charge in [-0.15, -0.1) is 0 Å². The molecule has 2 aromatic rings. The molecular formula is C17H24FN5. The Kier molecular flexibility index (Phi) is 5.58. The van der Waals surface area contributed by atoms with Gasteiger partial charge in [-0.2, -0.15) is 5.10 Å². The average molecular weight is 317 g/mol. The molecule has 0 saturated carbocycles. The van der Waals surface area contributed by atoms with Gasteiger partial charge >= 0.3 is 0 Å². The van der Waals surface area contributed by atoms with Crippen molar-refractivity contribution in [1.29, 1.82) is 0 Å². The van der Waals surface area contributed by atoms with E-state index in [2.05, 4.69) is 25.9 Å². The molecule has 0 spiro atoms. The first-order valence-electron chi connectivity index (χ1n) is 8.31. The Morgan fingerprint density at radius 3 is 2.70 bits per heavy atom. The zero-order chi connectivity index (χ0) is 15.9. The maximum atomic E-state index is 12.3. The van der Waals surface area contributed by atoms with Crippen LogP contribution >= 0.6 is 0 Å². The molecule has 1 fully saturated rings. The zero-order valence-corrected chi connectivity index (χ0v) is 13.4. The van der Waals surface area contributed by atoms with Gasteiger partial charge < -0.3 is 4.90 Å². The zero-order valence-electron chi connectivity index (χ0n) is 13.4. The number of anilines is 1. The third-order valence-corrected chi connectivity index (χ3v) is 4.28. The molecule has 0 atom stereocenters. The highest BCUT2D eigenvalue weighted by atomic mass is 19.1. The van der Waals surface area contributed by atoms with Gasteiger partial charge in [0.1, 0.15) is 5.82 Å². The fraction of sp³-hybridized carbons (Fsp3) is 0.529. The van der Waals surface area contributed by atoms with Crippen molar-refractivity contribution < 1.29 is 4.39 Å². The predicted molar refractivity (Wildman–Crippen MR) is 89.4 cm³/mol. The minimum Gasteiger partial charge on any atom is -0.354 e. The van der Waals surface area contributed by atoms with Crippen molar-refractivity contribution in [3.05, 3.63) is 42.4 Å². The Bertz CT molecular complexity index is 578. The van der Waals surface area contributed by atoms with Crippen LogP contribution in [-0.4, -0.2) is 59.1 Å². The van der Waals surface area contributed by atoms with Gasteiger partial charge in [-0.1, -0.05) is 6.07 Å². The van der Waals surface area contributed by atoms with E-state index < -0.39 is 0 Å². The van der Waals surface area contributed by atoms with E-state index in [0.717, 1.165) is 57.1 Å². The molecule has 5 nitrogen and oxygen atoms in total. The molecule has 1 saturated heterocycles. The number of rotatable bonds is 7. The van der Waals surface area contributed by atoms with Crippen molar-refractivity contribution in [3.63, 3.8) is 0 Å². The van der Waals surface area contributed by atoms with Crippen LogP contribution in [0.5, 0.6) is 0 Å². The van der Waals surface area contributed by atoms with E-state index in [-0.39, 0.29) is 6.67 Å². The van der Waals surface area contributed by atoms with Crippen molar-refractivity contribution in [2.24, 2.45) is 0 Å². The third-order valence-electron chi connectivity index (χ3n) is 4.28. The molecule has 0 amide bonds. The molecular weight excluding hydrogens is 293 g/mol. The van der Waals surface area contributed by atoms with Crippen LogP contribution in [0.2, 0.25) is 0 Å². The van der Waals surface area contributed by atoms with E-state index >= 15 is 0 Å². The Hall–Kier alpha value is -1.95. The topological polar surface area (TPSA) is 37.2 Å². The van der Waals surface area contributed by atoms with Gasteiger partial charge in [0.15, 0.2) is 0 Å². The molecule has 1 aliphatic rings. The van der Waals surface area contributed by atoms with Crippen LogP contribution in [0, 0.1) is 0 Å². The molecule has 3 rings (SSSR count). The van der Waals surface area contributed by atoms with E-state index in [4.69, 9.17) is 0 Å². The van der Waals surface area contributed by atoms with Crippen LogP contribution in [0.15, 0.2) is 36.8 Å². The molecule has 124 valence electrons. The molecule has 0 bridgehead atoms. The number of hydrogen-bond acceptors (Lipinski definition) is 4. The standard InChI is InChI=1S/C17H24FN5/c18-6-5-16-14-20-23(15-16)9-3-8-21-10-12-22(13-11-21)17-4-1-2-7-19-17/h1-2,4,7,14-15H,3,5-6,8-13H2. The smallest absolute Gasteiger partial charge is 0.128 e. The molecule has 0 aliphatic carbocycles. The summed E-state index contributed by atoms with van der Waals surface area (Å²) in [6.07, 6.45) is 7.11. The largest absolute Gasteiger partial charge is 0.354 e. The van der Waals surface area contributed by atoms with Gasteiger partial charge in [0, 0.05) is 58.1 Å². The number of piperazine rings is 1. The number of nitrogens with zero attached hydrogens (tertiary/aromatic N) is 5. The Morgan fingerprint density at radius 1 is 1.09 bits per heavy atom. The summed E-state index contributed by atoms with van der Waals surface area (Å²) in [4.78, 5) is 9.25. The summed E-state index contributed by atoms with van der Waals surface area (Å²) >= 11 is 0. The van der Waals surface area contributed by atoms with Crippen LogP contribution < -0.4 is 4.90 Å². The van der Waals surface area contributed by atoms with Crippen molar-refractivity contribution in [1.82, 2.24) is 19.7 Å². The van der Waals surface area contributed by atoms with Crippen molar-refractivity contribution in [2.75, 3.05) is 44.3 Å². The Balaban J connectivity index is 1.37. The Morgan fingerprint density at radius 2 is 1.96 bits per heavy atom. The number of halogens is 1. The third kappa shape index (κ3) is 4.51. The van der Waals surface area contributed by atoms with Gasteiger partial charge in [-0.25, -0.2) is 4.98 Å². The molecule has 23 heavy (non-hydrogen) atoms. The minimum absolute atomic E-state index is 0.313. The lowest BCUT2D eigenvalue weighted by Crippen LogP contribution is -2.47. The van der Waals surface area contributed by atoms with E-state index in [1.807, 2.05) is 29.2 Å². The minimum atomic E-state index is -0.313. The maximum absolute atomic E-state index is 12.3. The first kappa shape index (κ1) is 15.9. The average Bonchev–Trinajstić information content (AvgIpc) is 3.04. The predicted octanol–water partition coefficient (Wildman–Crippen LogP) is 2.00. The number of pyridine rings is 1. The summed E-state index contributed by atoms with van der Waals surface area (Å²) in [6.45, 7) is 5.86. The highest BCUT2D eigenvalue weighted by molar-refractivity contribution is 5.38. The summed E-state index contributed by atoms with van der Waals surface area (Å²) in [5.41, 5.74) is 0.983. The quantitative estimate of drug-likeness (QED) is 0.783. The van der Waals surface area contributed by atoms with Gasteiger partial charge in [0.05, 0.1) is 12.9 Å². The lowest BCUT2D eigenvalue weighted by molar-refractivity contribution is 0.248. The van der Waals surface area contributed by atoms with Crippen molar-refractivity contribution >= 4 is 5.82 Å². The molecule has 0 radical (unpaired) electrons. The molecule has 0 unspecified atom stereocenters. The highest BCUT2D eigenvalue weighted by Gasteiger charge is 2.17. The van der Waals surface area contributed by atoms with E-state index in [0.29, 0.717) is 6.42 Å². The highest BCUT2D eigenvalue weighted by Crippen LogP contribution is 2.12. The summed E-state index contributed by atoms with van der Waals surface area (Å²) in [7, 11) is 0. The van der Waals surface area contributed by atoms with E-state index in [1.165, 1.54) is 0 Å². The van der Waals surface area contributed by atoms with Crippen LogP contribution in [0.3, 0.4) is 0 Å². The van der Waals surface area contributed by atoms with Gasteiger partial charge in [-0.05, 0) is 24.1 Å². The van der Waals surface area contributed by atoms with Gasteiger partial charge in [-0.3, -0.25) is 14.0 Å². The second kappa shape index (κ2) is 8.06. The summed E-state index contributed by atoms with van der Waals surface area (Å²) in [5.74, 6) is 1.07. The van der Waals surface area contributed by atoms with Crippen molar-refractivity contribution in [2.45, 2.75) is 19.4 Å². The van der Waals surface area contributed by atoms with E-state index in [9.17, 15) is 4.39 Å². The van der Waals surface area contributed by atoms with Crippen LogP contribution in [0.1, 0.15) is 12.0 Å². The number of hydrogen-bond donors (Lipinski definition) is 0. The van der Waals surface area contributed by atoms with Crippen molar-refractivity contribution in [3.8, 4) is 0 Å². The molecule has 3 heterocycles. The molecule has 0 aromatic carbocycles. The molecule has 6 heteroatoms. The second-order valence-corrected chi connectivity index (χ2v) is 5.92. The monoisotopic (exact) mass is 317 g/mol. The first-order chi connectivity index (χ1) is 11.3. The molecule has 0 N–H and O–H groups in total. The maximum Gasteiger partial charge on any atom is 0.128 e. The first-order valence-corrected chi connectivity index (χ1v) is 8.31.